The standard InChI is InChI=1S/C19H18ClNO2/c1-14(22)21-18(12-7-15-5-3-2-4-6-15)13-19(23)16-8-10-17(20)11-9-16/h2-12,18H,13H2,1H3,(H,21,22)/b12-7+. The Bertz CT molecular complexity index is 693. The zero-order valence-corrected chi connectivity index (χ0v) is 13.6. The lowest BCUT2D eigenvalue weighted by atomic mass is 10.0. The first kappa shape index (κ1) is 17.0. The van der Waals surface area contributed by atoms with Crippen molar-refractivity contribution in [2.45, 2.75) is 19.4 Å². The second-order valence-electron chi connectivity index (χ2n) is 5.21. The SMILES string of the molecule is CC(=O)NC(/C=C/c1ccccc1)CC(=O)c1ccc(Cl)cc1. The first-order valence-electron chi connectivity index (χ1n) is 7.34. The van der Waals surface area contributed by atoms with Gasteiger partial charge in [0, 0.05) is 23.9 Å². The van der Waals surface area contributed by atoms with Crippen LogP contribution in [-0.4, -0.2) is 17.7 Å². The number of carbonyl (C=O) groups excluding carboxylic acids is 2. The van der Waals surface area contributed by atoms with E-state index in [-0.39, 0.29) is 24.2 Å². The molecule has 0 radical (unpaired) electrons. The molecule has 118 valence electrons. The molecular weight excluding hydrogens is 310 g/mol. The second kappa shape index (κ2) is 8.30. The largest absolute Gasteiger partial charge is 0.350 e. The molecule has 0 bridgehead atoms. The van der Waals surface area contributed by atoms with Gasteiger partial charge in [-0.25, -0.2) is 0 Å². The van der Waals surface area contributed by atoms with E-state index in [2.05, 4.69) is 5.32 Å². The summed E-state index contributed by atoms with van der Waals surface area (Å²) >= 11 is 5.83. The molecule has 1 N–H and O–H groups in total. The Kier molecular flexibility index (Phi) is 6.12. The van der Waals surface area contributed by atoms with Crippen molar-refractivity contribution in [3.8, 4) is 0 Å². The molecule has 23 heavy (non-hydrogen) atoms. The van der Waals surface area contributed by atoms with Crippen LogP contribution in [0.3, 0.4) is 0 Å². The average Bonchev–Trinajstić information content (AvgIpc) is 2.53. The van der Waals surface area contributed by atoms with Gasteiger partial charge in [0.05, 0.1) is 6.04 Å². The van der Waals surface area contributed by atoms with Crippen LogP contribution in [0.25, 0.3) is 6.08 Å². The lowest BCUT2D eigenvalue weighted by Crippen LogP contribution is -2.33. The van der Waals surface area contributed by atoms with Crippen molar-refractivity contribution in [3.05, 3.63) is 76.8 Å². The fourth-order valence-electron chi connectivity index (χ4n) is 2.17. The van der Waals surface area contributed by atoms with Gasteiger partial charge in [-0.05, 0) is 29.8 Å². The minimum Gasteiger partial charge on any atom is -0.350 e. The summed E-state index contributed by atoms with van der Waals surface area (Å²) in [5.74, 6) is -0.213. The molecule has 0 aliphatic carbocycles. The zero-order chi connectivity index (χ0) is 16.7. The lowest BCUT2D eigenvalue weighted by molar-refractivity contribution is -0.119. The maximum atomic E-state index is 12.3. The normalized spacial score (nSPS) is 12.1. The second-order valence-corrected chi connectivity index (χ2v) is 5.65. The van der Waals surface area contributed by atoms with Gasteiger partial charge in [-0.2, -0.15) is 0 Å². The molecule has 0 heterocycles. The summed E-state index contributed by atoms with van der Waals surface area (Å²) in [5.41, 5.74) is 1.60. The Labute approximate surface area is 141 Å². The quantitative estimate of drug-likeness (QED) is 0.811. The van der Waals surface area contributed by atoms with Crippen molar-refractivity contribution in [2.24, 2.45) is 0 Å². The van der Waals surface area contributed by atoms with E-state index in [4.69, 9.17) is 11.6 Å². The van der Waals surface area contributed by atoms with E-state index >= 15 is 0 Å². The fourth-order valence-corrected chi connectivity index (χ4v) is 2.30. The molecule has 0 saturated heterocycles. The summed E-state index contributed by atoms with van der Waals surface area (Å²) in [6.45, 7) is 1.44. The van der Waals surface area contributed by atoms with Crippen LogP contribution in [0.15, 0.2) is 60.7 Å². The van der Waals surface area contributed by atoms with E-state index in [0.29, 0.717) is 10.6 Å². The van der Waals surface area contributed by atoms with Crippen LogP contribution in [0, 0.1) is 0 Å². The maximum absolute atomic E-state index is 12.3. The van der Waals surface area contributed by atoms with E-state index in [1.54, 1.807) is 24.3 Å². The van der Waals surface area contributed by atoms with Crippen LogP contribution in [0.2, 0.25) is 5.02 Å². The highest BCUT2D eigenvalue weighted by atomic mass is 35.5. The molecule has 1 amide bonds. The van der Waals surface area contributed by atoms with E-state index in [1.807, 2.05) is 42.5 Å². The summed E-state index contributed by atoms with van der Waals surface area (Å²) in [6.07, 6.45) is 3.94. The van der Waals surface area contributed by atoms with E-state index in [0.717, 1.165) is 5.56 Å². The number of hydrogen-bond acceptors (Lipinski definition) is 2. The third-order valence-corrected chi connectivity index (χ3v) is 3.53. The number of halogens is 1. The van der Waals surface area contributed by atoms with Gasteiger partial charge >= 0.3 is 0 Å². The Balaban J connectivity index is 2.09. The number of nitrogens with one attached hydrogen (secondary N) is 1. The number of ketones is 1. The smallest absolute Gasteiger partial charge is 0.217 e. The van der Waals surface area contributed by atoms with Crippen LogP contribution >= 0.6 is 11.6 Å². The van der Waals surface area contributed by atoms with Crippen molar-refractivity contribution in [1.82, 2.24) is 5.32 Å². The highest BCUT2D eigenvalue weighted by Gasteiger charge is 2.14. The predicted octanol–water partition coefficient (Wildman–Crippen LogP) is 4.13. The molecule has 4 heteroatoms. The molecule has 0 spiro atoms. The third-order valence-electron chi connectivity index (χ3n) is 3.28. The van der Waals surface area contributed by atoms with Gasteiger partial charge in [0.1, 0.15) is 0 Å². The van der Waals surface area contributed by atoms with Crippen LogP contribution in [0.5, 0.6) is 0 Å². The molecule has 0 aliphatic heterocycles. The molecule has 3 nitrogen and oxygen atoms in total. The number of amides is 1. The number of Topliss-reactive ketones (excluding diaryl/α,β-unsaturated/α-hetero) is 1. The third kappa shape index (κ3) is 5.72. The van der Waals surface area contributed by atoms with Gasteiger partial charge in [-0.3, -0.25) is 9.59 Å². The summed E-state index contributed by atoms with van der Waals surface area (Å²) in [7, 11) is 0. The summed E-state index contributed by atoms with van der Waals surface area (Å²) in [5, 5.41) is 3.38. The molecule has 1 atom stereocenters. The molecule has 0 aromatic heterocycles. The minimum absolute atomic E-state index is 0.0434. The first-order valence-corrected chi connectivity index (χ1v) is 7.71. The Hall–Kier alpha value is -2.39. The van der Waals surface area contributed by atoms with Crippen LogP contribution < -0.4 is 5.32 Å². The van der Waals surface area contributed by atoms with Crippen molar-refractivity contribution in [3.63, 3.8) is 0 Å². The number of rotatable bonds is 6. The highest BCUT2D eigenvalue weighted by Crippen LogP contribution is 2.13. The van der Waals surface area contributed by atoms with Crippen LogP contribution in [0.4, 0.5) is 0 Å². The molecule has 0 aliphatic rings. The zero-order valence-electron chi connectivity index (χ0n) is 12.8. The Morgan fingerprint density at radius 1 is 1.09 bits per heavy atom. The predicted molar refractivity (Wildman–Crippen MR) is 93.5 cm³/mol. The van der Waals surface area contributed by atoms with Gasteiger partial charge in [0.15, 0.2) is 5.78 Å². The number of hydrogen-bond donors (Lipinski definition) is 1. The van der Waals surface area contributed by atoms with Gasteiger partial charge in [-0.1, -0.05) is 54.1 Å². The maximum Gasteiger partial charge on any atom is 0.217 e. The highest BCUT2D eigenvalue weighted by molar-refractivity contribution is 6.30. The Morgan fingerprint density at radius 2 is 1.74 bits per heavy atom. The molecule has 0 fully saturated rings. The van der Waals surface area contributed by atoms with Gasteiger partial charge < -0.3 is 5.32 Å². The molecule has 2 aromatic rings. The molecule has 0 saturated carbocycles. The summed E-state index contributed by atoms with van der Waals surface area (Å²) in [6, 6.07) is 16.1. The van der Waals surface area contributed by atoms with E-state index in [1.165, 1.54) is 6.92 Å². The minimum atomic E-state index is -0.351. The van der Waals surface area contributed by atoms with Crippen molar-refractivity contribution < 1.29 is 9.59 Å². The van der Waals surface area contributed by atoms with Crippen LogP contribution in [-0.2, 0) is 4.79 Å². The monoisotopic (exact) mass is 327 g/mol. The van der Waals surface area contributed by atoms with Crippen molar-refractivity contribution in [2.75, 3.05) is 0 Å². The van der Waals surface area contributed by atoms with E-state index < -0.39 is 0 Å². The van der Waals surface area contributed by atoms with Crippen LogP contribution in [0.1, 0.15) is 29.3 Å². The molecule has 2 rings (SSSR count). The van der Waals surface area contributed by atoms with Gasteiger partial charge in [0.2, 0.25) is 5.91 Å². The lowest BCUT2D eigenvalue weighted by Gasteiger charge is -2.13. The summed E-state index contributed by atoms with van der Waals surface area (Å²) < 4.78 is 0. The van der Waals surface area contributed by atoms with Crippen molar-refractivity contribution in [1.29, 1.82) is 0 Å². The number of carbonyl (C=O) groups is 2. The molecule has 2 aromatic carbocycles. The average molecular weight is 328 g/mol. The topological polar surface area (TPSA) is 46.2 Å². The van der Waals surface area contributed by atoms with Gasteiger partial charge in [0.25, 0.3) is 0 Å². The first-order chi connectivity index (χ1) is 11.0. The van der Waals surface area contributed by atoms with Crippen molar-refractivity contribution >= 4 is 29.4 Å². The Morgan fingerprint density at radius 3 is 2.35 bits per heavy atom. The fraction of sp³-hybridized carbons (Fsp3) is 0.158. The number of benzene rings is 2. The molecule has 1 unspecified atom stereocenters. The molecular formula is C19H18ClNO2. The van der Waals surface area contributed by atoms with Gasteiger partial charge in [-0.15, -0.1) is 0 Å². The summed E-state index contributed by atoms with van der Waals surface area (Å²) in [4.78, 5) is 23.7. The van der Waals surface area contributed by atoms with E-state index in [9.17, 15) is 9.59 Å².